The molecule has 3 aliphatic rings. The van der Waals surface area contributed by atoms with E-state index < -0.39 is 6.04 Å². The monoisotopic (exact) mass is 344 g/mol. The molecule has 0 aromatic carbocycles. The van der Waals surface area contributed by atoms with E-state index in [1.807, 2.05) is 0 Å². The van der Waals surface area contributed by atoms with Crippen LogP contribution in [0.3, 0.4) is 0 Å². The van der Waals surface area contributed by atoms with Gasteiger partial charge < -0.3 is 5.32 Å². The molecule has 134 valence electrons. The molecule has 0 bridgehead atoms. The Morgan fingerprint density at radius 1 is 1.08 bits per heavy atom. The molecule has 2 fully saturated rings. The Morgan fingerprint density at radius 3 is 2.56 bits per heavy atom. The maximum Gasteiger partial charge on any atom is 0.329 e. The Morgan fingerprint density at radius 2 is 1.84 bits per heavy atom. The van der Waals surface area contributed by atoms with E-state index in [0.29, 0.717) is 18.3 Å². The number of hydrogen-bond acceptors (Lipinski definition) is 4. The Hall–Kier alpha value is -2.15. The molecule has 2 aliphatic heterocycles. The molecule has 3 heterocycles. The lowest BCUT2D eigenvalue weighted by molar-refractivity contribution is -0.135. The number of imidazole rings is 1. The van der Waals surface area contributed by atoms with Gasteiger partial charge in [-0.2, -0.15) is 0 Å². The van der Waals surface area contributed by atoms with Crippen LogP contribution in [0.25, 0.3) is 12.2 Å². The first-order valence-corrected chi connectivity index (χ1v) is 9.10. The lowest BCUT2D eigenvalue weighted by Crippen LogP contribution is -2.48. The fourth-order valence-electron chi connectivity index (χ4n) is 4.41. The Bertz CT molecular complexity index is 889. The molecule has 25 heavy (non-hydrogen) atoms. The van der Waals surface area contributed by atoms with E-state index in [1.54, 1.807) is 16.2 Å². The molecular weight excluding hydrogens is 320 g/mol. The van der Waals surface area contributed by atoms with Gasteiger partial charge in [0.1, 0.15) is 6.04 Å². The fraction of sp³-hybridized carbons (Fsp3) is 0.611. The van der Waals surface area contributed by atoms with Crippen molar-refractivity contribution in [1.29, 1.82) is 0 Å². The zero-order valence-corrected chi connectivity index (χ0v) is 14.5. The fourth-order valence-corrected chi connectivity index (χ4v) is 4.41. The lowest BCUT2D eigenvalue weighted by atomic mass is 9.81. The summed E-state index contributed by atoms with van der Waals surface area (Å²) in [6, 6.07) is -0.597. The van der Waals surface area contributed by atoms with Crippen LogP contribution in [0.1, 0.15) is 38.1 Å². The molecular formula is C18H24N4O3. The van der Waals surface area contributed by atoms with Crippen molar-refractivity contribution >= 4 is 24.0 Å². The van der Waals surface area contributed by atoms with Crippen LogP contribution >= 0.6 is 0 Å². The van der Waals surface area contributed by atoms with Gasteiger partial charge in [0.2, 0.25) is 11.8 Å². The number of aromatic nitrogens is 2. The molecule has 4 rings (SSSR count). The highest BCUT2D eigenvalue weighted by molar-refractivity contribution is 5.99. The maximum absolute atomic E-state index is 12.8. The number of amides is 2. The van der Waals surface area contributed by atoms with E-state index in [0.717, 1.165) is 43.1 Å². The molecule has 2 unspecified atom stereocenters. The number of nitrogens with zero attached hydrogens (tertiary/aromatic N) is 2. The van der Waals surface area contributed by atoms with Crippen LogP contribution in [0, 0.1) is 11.8 Å². The van der Waals surface area contributed by atoms with Crippen molar-refractivity contribution in [3.8, 4) is 0 Å². The van der Waals surface area contributed by atoms with Crippen molar-refractivity contribution < 1.29 is 9.59 Å². The van der Waals surface area contributed by atoms with Gasteiger partial charge in [0.15, 0.2) is 0 Å². The highest BCUT2D eigenvalue weighted by Crippen LogP contribution is 2.27. The molecule has 7 nitrogen and oxygen atoms in total. The van der Waals surface area contributed by atoms with Crippen molar-refractivity contribution in [1.82, 2.24) is 19.8 Å². The molecule has 0 radical (unpaired) electrons. The van der Waals surface area contributed by atoms with Crippen LogP contribution in [0.2, 0.25) is 0 Å². The number of hydrogen-bond donors (Lipinski definition) is 2. The summed E-state index contributed by atoms with van der Waals surface area (Å²) in [4.78, 5) is 36.4. The minimum absolute atomic E-state index is 0.182. The summed E-state index contributed by atoms with van der Waals surface area (Å²) in [5.74, 6) is 0.443. The second kappa shape index (κ2) is 6.29. The number of carbonyl (C=O) groups excluding carboxylic acids is 2. The Kier molecular flexibility index (Phi) is 4.11. The van der Waals surface area contributed by atoms with Crippen molar-refractivity contribution in [2.75, 3.05) is 13.1 Å². The zero-order chi connectivity index (χ0) is 17.6. The van der Waals surface area contributed by atoms with Crippen LogP contribution in [0.4, 0.5) is 0 Å². The van der Waals surface area contributed by atoms with Crippen LogP contribution in [-0.2, 0) is 16.6 Å². The summed E-state index contributed by atoms with van der Waals surface area (Å²) in [6.07, 6.45) is 8.19. The number of carbonyl (C=O) groups is 2. The minimum Gasteiger partial charge on any atom is -0.317 e. The first-order chi connectivity index (χ1) is 12.1. The maximum atomic E-state index is 12.8. The van der Waals surface area contributed by atoms with E-state index >= 15 is 0 Å². The molecule has 7 heteroatoms. The lowest BCUT2D eigenvalue weighted by Gasteiger charge is -2.29. The SMILES string of the molecule is Cn1c2c(n(C3CCC(=O)NC3=O)c1=O)=CCC(C1CCNCC1)C=2. The molecule has 1 aromatic rings. The van der Waals surface area contributed by atoms with Gasteiger partial charge in [0, 0.05) is 13.5 Å². The average Bonchev–Trinajstić information content (AvgIpc) is 2.87. The quantitative estimate of drug-likeness (QED) is 0.656. The predicted molar refractivity (Wildman–Crippen MR) is 93.0 cm³/mol. The first-order valence-electron chi connectivity index (χ1n) is 9.10. The summed E-state index contributed by atoms with van der Waals surface area (Å²) < 4.78 is 3.22. The van der Waals surface area contributed by atoms with Gasteiger partial charge in [-0.25, -0.2) is 4.79 Å². The third-order valence-electron chi connectivity index (χ3n) is 5.84. The van der Waals surface area contributed by atoms with E-state index in [9.17, 15) is 14.4 Å². The molecule has 2 amide bonds. The minimum atomic E-state index is -0.597. The standard InChI is InChI=1S/C18H24N4O3/c1-21-15-10-12(11-6-8-19-9-7-11)2-3-13(15)22(18(21)25)14-4-5-16(23)20-17(14)24/h3,10-12,14,19H,2,4-9H2,1H3,(H,20,23,24). The summed E-state index contributed by atoms with van der Waals surface area (Å²) in [7, 11) is 1.76. The number of nitrogens with one attached hydrogen (secondary N) is 2. The third-order valence-corrected chi connectivity index (χ3v) is 5.84. The number of imide groups is 1. The number of fused-ring (bicyclic) bond motifs is 1. The molecule has 0 spiro atoms. The second-order valence-corrected chi connectivity index (χ2v) is 7.31. The molecule has 1 aliphatic carbocycles. The van der Waals surface area contributed by atoms with Gasteiger partial charge in [-0.05, 0) is 50.6 Å². The summed E-state index contributed by atoms with van der Waals surface area (Å²) in [5.41, 5.74) is -0.182. The first kappa shape index (κ1) is 16.3. The van der Waals surface area contributed by atoms with Crippen LogP contribution in [0.5, 0.6) is 0 Å². The van der Waals surface area contributed by atoms with Gasteiger partial charge >= 0.3 is 5.69 Å². The Balaban J connectivity index is 1.74. The van der Waals surface area contributed by atoms with Crippen LogP contribution in [0.15, 0.2) is 4.79 Å². The number of rotatable bonds is 2. The van der Waals surface area contributed by atoms with Crippen molar-refractivity contribution in [2.45, 2.75) is 38.1 Å². The zero-order valence-electron chi connectivity index (χ0n) is 14.5. The third kappa shape index (κ3) is 2.76. The highest BCUT2D eigenvalue weighted by atomic mass is 16.2. The molecule has 2 saturated heterocycles. The van der Waals surface area contributed by atoms with Gasteiger partial charge in [0.25, 0.3) is 0 Å². The van der Waals surface area contributed by atoms with Crippen molar-refractivity contribution in [2.24, 2.45) is 18.9 Å². The van der Waals surface area contributed by atoms with Gasteiger partial charge in [-0.1, -0.05) is 12.2 Å². The Labute approximate surface area is 145 Å². The normalized spacial score (nSPS) is 27.2. The molecule has 1 aromatic heterocycles. The van der Waals surface area contributed by atoms with E-state index in [2.05, 4.69) is 22.8 Å². The second-order valence-electron chi connectivity index (χ2n) is 7.31. The average molecular weight is 344 g/mol. The van der Waals surface area contributed by atoms with Gasteiger partial charge in [-0.3, -0.25) is 24.0 Å². The van der Waals surface area contributed by atoms with Gasteiger partial charge in [-0.15, -0.1) is 0 Å². The van der Waals surface area contributed by atoms with Crippen LogP contribution < -0.4 is 27.0 Å². The van der Waals surface area contributed by atoms with Crippen LogP contribution in [-0.4, -0.2) is 34.0 Å². The highest BCUT2D eigenvalue weighted by Gasteiger charge is 2.32. The van der Waals surface area contributed by atoms with E-state index in [4.69, 9.17) is 0 Å². The van der Waals surface area contributed by atoms with Gasteiger partial charge in [0.05, 0.1) is 10.7 Å². The molecule has 0 saturated carbocycles. The van der Waals surface area contributed by atoms with Crippen molar-refractivity contribution in [3.05, 3.63) is 21.2 Å². The topological polar surface area (TPSA) is 85.1 Å². The molecule has 2 atom stereocenters. The number of piperidine rings is 2. The van der Waals surface area contributed by atoms with E-state index in [1.165, 1.54) is 0 Å². The largest absolute Gasteiger partial charge is 0.329 e. The smallest absolute Gasteiger partial charge is 0.317 e. The summed E-state index contributed by atoms with van der Waals surface area (Å²) >= 11 is 0. The molecule has 2 N–H and O–H groups in total. The summed E-state index contributed by atoms with van der Waals surface area (Å²) in [6.45, 7) is 2.11. The predicted octanol–water partition coefficient (Wildman–Crippen LogP) is -1.25. The summed E-state index contributed by atoms with van der Waals surface area (Å²) in [5, 5.41) is 7.48. The van der Waals surface area contributed by atoms with E-state index in [-0.39, 0.29) is 23.9 Å². The van der Waals surface area contributed by atoms with Crippen molar-refractivity contribution in [3.63, 3.8) is 0 Å².